The molecule has 2 rings (SSSR count). The van der Waals surface area contributed by atoms with Crippen LogP contribution in [0.2, 0.25) is 0 Å². The average molecular weight is 296 g/mol. The molecule has 2 aromatic rings. The van der Waals surface area contributed by atoms with Crippen molar-refractivity contribution in [1.82, 2.24) is 15.1 Å². The predicted molar refractivity (Wildman–Crippen MR) is 69.6 cm³/mol. The van der Waals surface area contributed by atoms with E-state index in [4.69, 9.17) is 0 Å². The SMILES string of the molecule is Cn1ccc(CNCc2cc(Br)ccc2O)n1. The molecule has 0 aliphatic carbocycles. The molecule has 0 spiro atoms. The topological polar surface area (TPSA) is 50.1 Å². The number of aryl methyl sites for hydroxylation is 1. The second kappa shape index (κ2) is 5.33. The lowest BCUT2D eigenvalue weighted by Gasteiger charge is -2.06. The van der Waals surface area contributed by atoms with Crippen LogP contribution in [0.25, 0.3) is 0 Å². The molecule has 0 amide bonds. The first-order valence-corrected chi connectivity index (χ1v) is 6.11. The van der Waals surface area contributed by atoms with Crippen LogP contribution in [0.15, 0.2) is 34.9 Å². The van der Waals surface area contributed by atoms with Crippen molar-refractivity contribution in [2.45, 2.75) is 13.1 Å². The molecule has 1 aromatic carbocycles. The first-order valence-electron chi connectivity index (χ1n) is 5.32. The molecule has 2 N–H and O–H groups in total. The van der Waals surface area contributed by atoms with Gasteiger partial charge in [-0.15, -0.1) is 0 Å². The Labute approximate surface area is 108 Å². The zero-order valence-electron chi connectivity index (χ0n) is 9.52. The number of rotatable bonds is 4. The summed E-state index contributed by atoms with van der Waals surface area (Å²) in [6.45, 7) is 1.30. The van der Waals surface area contributed by atoms with Crippen LogP contribution in [0, 0.1) is 0 Å². The summed E-state index contributed by atoms with van der Waals surface area (Å²) in [6, 6.07) is 7.37. The Kier molecular flexibility index (Phi) is 3.81. The van der Waals surface area contributed by atoms with Crippen molar-refractivity contribution in [3.05, 3.63) is 46.2 Å². The van der Waals surface area contributed by atoms with E-state index in [0.717, 1.165) is 15.7 Å². The van der Waals surface area contributed by atoms with Crippen LogP contribution in [0.5, 0.6) is 5.75 Å². The van der Waals surface area contributed by atoms with Crippen LogP contribution in [0.4, 0.5) is 0 Å². The van der Waals surface area contributed by atoms with Crippen molar-refractivity contribution in [1.29, 1.82) is 0 Å². The summed E-state index contributed by atoms with van der Waals surface area (Å²) in [5, 5.41) is 17.2. The van der Waals surface area contributed by atoms with Crippen LogP contribution in [0.1, 0.15) is 11.3 Å². The third kappa shape index (κ3) is 3.31. The van der Waals surface area contributed by atoms with Crippen molar-refractivity contribution in [2.75, 3.05) is 0 Å². The fourth-order valence-electron chi connectivity index (χ4n) is 1.58. The number of nitrogens with one attached hydrogen (secondary N) is 1. The summed E-state index contributed by atoms with van der Waals surface area (Å²) >= 11 is 3.38. The minimum absolute atomic E-state index is 0.307. The van der Waals surface area contributed by atoms with Gasteiger partial charge in [0.05, 0.1) is 5.69 Å². The number of benzene rings is 1. The summed E-state index contributed by atoms with van der Waals surface area (Å²) in [6.07, 6.45) is 1.91. The molecule has 1 aromatic heterocycles. The Hall–Kier alpha value is -1.33. The van der Waals surface area contributed by atoms with Crippen molar-refractivity contribution in [2.24, 2.45) is 7.05 Å². The number of hydrogen-bond donors (Lipinski definition) is 2. The number of phenolic OH excluding ortho intramolecular Hbond substituents is 1. The van der Waals surface area contributed by atoms with Gasteiger partial charge in [0.2, 0.25) is 0 Å². The van der Waals surface area contributed by atoms with Gasteiger partial charge in [0, 0.05) is 36.4 Å². The number of aromatic nitrogens is 2. The average Bonchev–Trinajstić information content (AvgIpc) is 2.69. The lowest BCUT2D eigenvalue weighted by molar-refractivity contribution is 0.464. The monoisotopic (exact) mass is 295 g/mol. The highest BCUT2D eigenvalue weighted by Gasteiger charge is 2.02. The van der Waals surface area contributed by atoms with Gasteiger partial charge in [-0.3, -0.25) is 4.68 Å². The molecule has 0 unspecified atom stereocenters. The Bertz CT molecular complexity index is 510. The number of halogens is 1. The maximum absolute atomic E-state index is 9.66. The molecule has 0 radical (unpaired) electrons. The molecular formula is C12H14BrN3O. The molecule has 17 heavy (non-hydrogen) atoms. The lowest BCUT2D eigenvalue weighted by Crippen LogP contribution is -2.13. The highest BCUT2D eigenvalue weighted by atomic mass is 79.9. The Morgan fingerprint density at radius 2 is 2.18 bits per heavy atom. The van der Waals surface area contributed by atoms with Crippen LogP contribution < -0.4 is 5.32 Å². The van der Waals surface area contributed by atoms with Crippen molar-refractivity contribution < 1.29 is 5.11 Å². The first-order chi connectivity index (χ1) is 8.15. The van der Waals surface area contributed by atoms with E-state index in [1.165, 1.54) is 0 Å². The van der Waals surface area contributed by atoms with Gasteiger partial charge < -0.3 is 10.4 Å². The van der Waals surface area contributed by atoms with Crippen molar-refractivity contribution >= 4 is 15.9 Å². The molecule has 0 fully saturated rings. The minimum atomic E-state index is 0.307. The minimum Gasteiger partial charge on any atom is -0.508 e. The molecule has 4 nitrogen and oxygen atoms in total. The maximum atomic E-state index is 9.66. The van der Waals surface area contributed by atoms with Gasteiger partial charge >= 0.3 is 0 Å². The Morgan fingerprint density at radius 3 is 2.88 bits per heavy atom. The largest absolute Gasteiger partial charge is 0.508 e. The first kappa shape index (κ1) is 12.1. The molecule has 0 saturated heterocycles. The molecule has 0 atom stereocenters. The van der Waals surface area contributed by atoms with Crippen LogP contribution >= 0.6 is 15.9 Å². The number of phenols is 1. The van der Waals surface area contributed by atoms with Crippen LogP contribution in [0.3, 0.4) is 0 Å². The fourth-order valence-corrected chi connectivity index (χ4v) is 1.99. The molecular weight excluding hydrogens is 282 g/mol. The summed E-state index contributed by atoms with van der Waals surface area (Å²) in [5.74, 6) is 0.307. The summed E-state index contributed by atoms with van der Waals surface area (Å²) < 4.78 is 2.73. The number of aromatic hydroxyl groups is 1. The summed E-state index contributed by atoms with van der Waals surface area (Å²) in [5.41, 5.74) is 1.86. The fraction of sp³-hybridized carbons (Fsp3) is 0.250. The number of nitrogens with zero attached hydrogens (tertiary/aromatic N) is 2. The van der Waals surface area contributed by atoms with E-state index in [9.17, 15) is 5.11 Å². The molecule has 0 aliphatic heterocycles. The van der Waals surface area contributed by atoms with E-state index in [0.29, 0.717) is 18.8 Å². The highest BCUT2D eigenvalue weighted by molar-refractivity contribution is 9.10. The third-order valence-electron chi connectivity index (χ3n) is 2.43. The van der Waals surface area contributed by atoms with Crippen molar-refractivity contribution in [3.63, 3.8) is 0 Å². The second-order valence-corrected chi connectivity index (χ2v) is 4.77. The van der Waals surface area contributed by atoms with Gasteiger partial charge in [0.25, 0.3) is 0 Å². The smallest absolute Gasteiger partial charge is 0.120 e. The van der Waals surface area contributed by atoms with E-state index in [-0.39, 0.29) is 0 Å². The molecule has 0 saturated carbocycles. The van der Waals surface area contributed by atoms with E-state index in [1.807, 2.05) is 31.4 Å². The number of hydrogen-bond acceptors (Lipinski definition) is 3. The Morgan fingerprint density at radius 1 is 1.35 bits per heavy atom. The maximum Gasteiger partial charge on any atom is 0.120 e. The van der Waals surface area contributed by atoms with Crippen LogP contribution in [-0.2, 0) is 20.1 Å². The van der Waals surface area contributed by atoms with Crippen molar-refractivity contribution in [3.8, 4) is 5.75 Å². The molecule has 5 heteroatoms. The molecule has 1 heterocycles. The van der Waals surface area contributed by atoms with Gasteiger partial charge in [0.15, 0.2) is 0 Å². The molecule has 90 valence electrons. The van der Waals surface area contributed by atoms with E-state index < -0.39 is 0 Å². The summed E-state index contributed by atoms with van der Waals surface area (Å²) in [4.78, 5) is 0. The zero-order valence-corrected chi connectivity index (χ0v) is 11.1. The molecule has 0 aliphatic rings. The second-order valence-electron chi connectivity index (χ2n) is 3.86. The van der Waals surface area contributed by atoms with Gasteiger partial charge in [-0.1, -0.05) is 15.9 Å². The van der Waals surface area contributed by atoms with Gasteiger partial charge in [0.1, 0.15) is 5.75 Å². The van der Waals surface area contributed by atoms with E-state index >= 15 is 0 Å². The summed E-state index contributed by atoms with van der Waals surface area (Å²) in [7, 11) is 1.89. The third-order valence-corrected chi connectivity index (χ3v) is 2.93. The zero-order chi connectivity index (χ0) is 12.3. The lowest BCUT2D eigenvalue weighted by atomic mass is 10.2. The van der Waals surface area contributed by atoms with E-state index in [1.54, 1.807) is 10.7 Å². The van der Waals surface area contributed by atoms with Gasteiger partial charge in [-0.25, -0.2) is 0 Å². The molecule has 0 bridgehead atoms. The standard InChI is InChI=1S/C12H14BrN3O/c1-16-5-4-11(15-16)8-14-7-9-6-10(13)2-3-12(9)17/h2-6,14,17H,7-8H2,1H3. The predicted octanol–water partition coefficient (Wildman–Crippen LogP) is 2.18. The Balaban J connectivity index is 1.91. The normalized spacial score (nSPS) is 10.7. The highest BCUT2D eigenvalue weighted by Crippen LogP contribution is 2.21. The van der Waals surface area contributed by atoms with E-state index in [2.05, 4.69) is 26.3 Å². The van der Waals surface area contributed by atoms with Crippen LogP contribution in [-0.4, -0.2) is 14.9 Å². The van der Waals surface area contributed by atoms with Gasteiger partial charge in [-0.2, -0.15) is 5.10 Å². The van der Waals surface area contributed by atoms with Gasteiger partial charge in [-0.05, 0) is 24.3 Å². The quantitative estimate of drug-likeness (QED) is 0.909.